The predicted molar refractivity (Wildman–Crippen MR) is 136 cm³/mol. The van der Waals surface area contributed by atoms with Crippen molar-refractivity contribution in [2.75, 3.05) is 32.8 Å². The first kappa shape index (κ1) is 21.6. The van der Waals surface area contributed by atoms with E-state index in [1.54, 1.807) is 17.8 Å². The number of morpholine rings is 1. The van der Waals surface area contributed by atoms with Crippen LogP contribution in [-0.2, 0) is 18.3 Å². The lowest BCUT2D eigenvalue weighted by atomic mass is 10.0. The zero-order valence-electron chi connectivity index (χ0n) is 19.6. The molecule has 1 saturated heterocycles. The highest BCUT2D eigenvalue weighted by molar-refractivity contribution is 6.00. The Hall–Kier alpha value is -3.88. The number of hydrogen-bond donors (Lipinski definition) is 1. The first-order valence-corrected chi connectivity index (χ1v) is 11.9. The Balaban J connectivity index is 1.47. The molecule has 1 fully saturated rings. The summed E-state index contributed by atoms with van der Waals surface area (Å²) >= 11 is 0. The molecule has 5 aromatic rings. The van der Waals surface area contributed by atoms with Gasteiger partial charge >= 0.3 is 0 Å². The summed E-state index contributed by atoms with van der Waals surface area (Å²) < 4.78 is 15.7. The highest BCUT2D eigenvalue weighted by Gasteiger charge is 2.20. The van der Waals surface area contributed by atoms with E-state index in [1.165, 1.54) is 0 Å². The van der Waals surface area contributed by atoms with E-state index in [4.69, 9.17) is 14.5 Å². The summed E-state index contributed by atoms with van der Waals surface area (Å²) in [5.41, 5.74) is 4.13. The van der Waals surface area contributed by atoms with Crippen molar-refractivity contribution < 1.29 is 9.47 Å². The fraction of sp³-hybridized carbons (Fsp3) is 0.259. The molecule has 0 spiro atoms. The average molecular weight is 470 g/mol. The van der Waals surface area contributed by atoms with Crippen LogP contribution in [0.5, 0.6) is 11.5 Å². The maximum absolute atomic E-state index is 12.6. The standard InChI is InChI=1S/C27H27N5O3/c1-30-17-22(20-9-10-28-24(20)27(30)33)21-7-8-23-25(26(21)35-19-5-3-2-4-6-19)29-18-32(23)12-11-31-13-15-34-16-14-31/h2-10,17-18,28H,11-16H2,1H3. The monoisotopic (exact) mass is 469 g/mol. The van der Waals surface area contributed by atoms with E-state index in [9.17, 15) is 4.79 Å². The smallest absolute Gasteiger partial charge is 0.274 e. The van der Waals surface area contributed by atoms with Crippen molar-refractivity contribution in [1.29, 1.82) is 0 Å². The van der Waals surface area contributed by atoms with Gasteiger partial charge in [0.1, 0.15) is 16.8 Å². The predicted octanol–water partition coefficient (Wildman–Crippen LogP) is 4.01. The number of benzene rings is 2. The lowest BCUT2D eigenvalue weighted by molar-refractivity contribution is 0.0365. The number of rotatable bonds is 6. The Kier molecular flexibility index (Phi) is 5.60. The summed E-state index contributed by atoms with van der Waals surface area (Å²) in [5.74, 6) is 1.42. The van der Waals surface area contributed by atoms with E-state index in [0.717, 1.165) is 72.7 Å². The second kappa shape index (κ2) is 9.05. The van der Waals surface area contributed by atoms with Crippen LogP contribution < -0.4 is 10.3 Å². The van der Waals surface area contributed by atoms with Gasteiger partial charge < -0.3 is 23.6 Å². The van der Waals surface area contributed by atoms with Crippen LogP contribution >= 0.6 is 0 Å². The van der Waals surface area contributed by atoms with Crippen molar-refractivity contribution in [3.05, 3.63) is 77.6 Å². The Morgan fingerprint density at radius 1 is 1.03 bits per heavy atom. The lowest BCUT2D eigenvalue weighted by Gasteiger charge is -2.26. The summed E-state index contributed by atoms with van der Waals surface area (Å²) in [5, 5.41) is 0.858. The average Bonchev–Trinajstić information content (AvgIpc) is 3.55. The second-order valence-corrected chi connectivity index (χ2v) is 8.84. The number of nitrogens with one attached hydrogen (secondary N) is 1. The van der Waals surface area contributed by atoms with Crippen molar-refractivity contribution in [3.8, 4) is 22.6 Å². The molecule has 0 aliphatic carbocycles. The fourth-order valence-corrected chi connectivity index (χ4v) is 4.76. The summed E-state index contributed by atoms with van der Waals surface area (Å²) in [6.45, 7) is 5.27. The largest absolute Gasteiger partial charge is 0.454 e. The van der Waals surface area contributed by atoms with Gasteiger partial charge in [-0.1, -0.05) is 18.2 Å². The first-order chi connectivity index (χ1) is 17.2. The molecule has 0 amide bonds. The van der Waals surface area contributed by atoms with Crippen LogP contribution in [0, 0.1) is 0 Å². The molecule has 6 rings (SSSR count). The molecule has 8 nitrogen and oxygen atoms in total. The number of imidazole rings is 1. The number of fused-ring (bicyclic) bond motifs is 2. The van der Waals surface area contributed by atoms with Gasteiger partial charge in [0.2, 0.25) is 0 Å². The molecule has 1 aliphatic rings. The Labute approximate surface area is 202 Å². The minimum absolute atomic E-state index is 0.0623. The normalized spacial score (nSPS) is 14.7. The molecule has 2 aromatic carbocycles. The molecule has 0 unspecified atom stereocenters. The summed E-state index contributed by atoms with van der Waals surface area (Å²) in [6.07, 6.45) is 5.55. The van der Waals surface area contributed by atoms with Gasteiger partial charge in [-0.25, -0.2) is 4.98 Å². The summed E-state index contributed by atoms with van der Waals surface area (Å²) in [4.78, 5) is 22.9. The third kappa shape index (κ3) is 4.00. The van der Waals surface area contributed by atoms with E-state index in [1.807, 2.05) is 48.9 Å². The third-order valence-electron chi connectivity index (χ3n) is 6.65. The molecule has 35 heavy (non-hydrogen) atoms. The number of ether oxygens (including phenoxy) is 2. The van der Waals surface area contributed by atoms with Crippen LogP contribution in [0.4, 0.5) is 0 Å². The maximum atomic E-state index is 12.6. The third-order valence-corrected chi connectivity index (χ3v) is 6.65. The summed E-state index contributed by atoms with van der Waals surface area (Å²) in [7, 11) is 1.77. The number of pyridine rings is 1. The minimum Gasteiger partial charge on any atom is -0.454 e. The van der Waals surface area contributed by atoms with Crippen molar-refractivity contribution in [3.63, 3.8) is 0 Å². The Morgan fingerprint density at radius 3 is 2.69 bits per heavy atom. The molecule has 1 aliphatic heterocycles. The number of hydrogen-bond acceptors (Lipinski definition) is 5. The quantitative estimate of drug-likeness (QED) is 0.407. The zero-order chi connectivity index (χ0) is 23.8. The maximum Gasteiger partial charge on any atom is 0.274 e. The Bertz CT molecular complexity index is 1540. The highest BCUT2D eigenvalue weighted by atomic mass is 16.5. The SMILES string of the molecule is Cn1cc(-c2ccc3c(ncn3CCN3CCOCC3)c2Oc2ccccc2)c2cc[nH]c2c1=O. The lowest BCUT2D eigenvalue weighted by Crippen LogP contribution is -2.38. The van der Waals surface area contributed by atoms with Gasteiger partial charge in [-0.15, -0.1) is 0 Å². The van der Waals surface area contributed by atoms with E-state index >= 15 is 0 Å². The van der Waals surface area contributed by atoms with Crippen molar-refractivity contribution in [2.45, 2.75) is 6.54 Å². The van der Waals surface area contributed by atoms with Crippen molar-refractivity contribution in [1.82, 2.24) is 24.0 Å². The van der Waals surface area contributed by atoms with Gasteiger partial charge in [0.15, 0.2) is 5.75 Å². The van der Waals surface area contributed by atoms with Crippen LogP contribution in [0.3, 0.4) is 0 Å². The topological polar surface area (TPSA) is 77.3 Å². The zero-order valence-corrected chi connectivity index (χ0v) is 19.6. The van der Waals surface area contributed by atoms with Crippen LogP contribution in [0.15, 0.2) is 72.0 Å². The molecule has 0 bridgehead atoms. The van der Waals surface area contributed by atoms with E-state index in [0.29, 0.717) is 11.3 Å². The van der Waals surface area contributed by atoms with Gasteiger partial charge in [-0.2, -0.15) is 0 Å². The molecule has 0 saturated carbocycles. The molecule has 0 atom stereocenters. The molecule has 8 heteroatoms. The van der Waals surface area contributed by atoms with Crippen LogP contribution in [0.1, 0.15) is 0 Å². The van der Waals surface area contributed by atoms with E-state index in [2.05, 4.69) is 26.6 Å². The molecular formula is C27H27N5O3. The number of aromatic amines is 1. The van der Waals surface area contributed by atoms with E-state index < -0.39 is 0 Å². The van der Waals surface area contributed by atoms with Crippen LogP contribution in [-0.4, -0.2) is 56.9 Å². The van der Waals surface area contributed by atoms with Crippen LogP contribution in [0.25, 0.3) is 33.1 Å². The number of H-pyrrole nitrogens is 1. The number of aryl methyl sites for hydroxylation is 1. The van der Waals surface area contributed by atoms with Crippen molar-refractivity contribution >= 4 is 21.9 Å². The van der Waals surface area contributed by atoms with Gasteiger partial charge in [0, 0.05) is 62.1 Å². The molecule has 4 heterocycles. The highest BCUT2D eigenvalue weighted by Crippen LogP contribution is 2.40. The van der Waals surface area contributed by atoms with Gasteiger partial charge in [0.25, 0.3) is 5.56 Å². The molecule has 178 valence electrons. The van der Waals surface area contributed by atoms with Gasteiger partial charge in [-0.3, -0.25) is 9.69 Å². The Morgan fingerprint density at radius 2 is 1.86 bits per heavy atom. The van der Waals surface area contributed by atoms with Crippen LogP contribution in [0.2, 0.25) is 0 Å². The first-order valence-electron chi connectivity index (χ1n) is 11.9. The van der Waals surface area contributed by atoms with Gasteiger partial charge in [-0.05, 0) is 30.3 Å². The summed E-state index contributed by atoms with van der Waals surface area (Å²) in [6, 6.07) is 15.8. The van der Waals surface area contributed by atoms with Gasteiger partial charge in [0.05, 0.1) is 25.1 Å². The number of nitrogens with zero attached hydrogens (tertiary/aromatic N) is 4. The van der Waals surface area contributed by atoms with E-state index in [-0.39, 0.29) is 5.56 Å². The molecule has 3 aromatic heterocycles. The second-order valence-electron chi connectivity index (χ2n) is 8.84. The number of aromatic nitrogens is 4. The minimum atomic E-state index is -0.0623. The number of para-hydroxylation sites is 1. The molecule has 1 N–H and O–H groups in total. The fourth-order valence-electron chi connectivity index (χ4n) is 4.76. The molecular weight excluding hydrogens is 442 g/mol. The molecule has 0 radical (unpaired) electrons. The van der Waals surface area contributed by atoms with Crippen molar-refractivity contribution in [2.24, 2.45) is 7.05 Å².